The summed E-state index contributed by atoms with van der Waals surface area (Å²) in [5.74, 6) is 2.94. The molecule has 0 fully saturated rings. The highest BCUT2D eigenvalue weighted by Gasteiger charge is 2.14. The van der Waals surface area contributed by atoms with E-state index in [-0.39, 0.29) is 0 Å². The van der Waals surface area contributed by atoms with Crippen LogP contribution in [0.1, 0.15) is 56.7 Å². The lowest BCUT2D eigenvalue weighted by Gasteiger charge is -2.25. The highest BCUT2D eigenvalue weighted by molar-refractivity contribution is 5.79. The molecule has 0 saturated carbocycles. The minimum Gasteiger partial charge on any atom is -0.357 e. The standard InChI is InChI=1S/C23H37N7/c1-4-24-23(26-17-22-28-27-21-13-9-6-10-16-30(21)22)25-15-14-19(2)29(3)18-20-11-7-5-8-12-20/h5,7-8,11-12,19H,4,6,9-10,13-18H2,1-3H3,(H2,24,25,26). The van der Waals surface area contributed by atoms with Gasteiger partial charge in [-0.3, -0.25) is 4.90 Å². The largest absolute Gasteiger partial charge is 0.357 e. The zero-order valence-electron chi connectivity index (χ0n) is 18.8. The maximum absolute atomic E-state index is 4.76. The zero-order chi connectivity index (χ0) is 21.2. The predicted molar refractivity (Wildman–Crippen MR) is 122 cm³/mol. The SMILES string of the molecule is CCNC(=NCc1nnc2n1CCCCC2)NCCC(C)N(C)Cc1ccccc1. The van der Waals surface area contributed by atoms with E-state index in [2.05, 4.69) is 81.5 Å². The molecule has 1 atom stereocenters. The molecule has 1 aromatic carbocycles. The number of rotatable bonds is 9. The molecular weight excluding hydrogens is 374 g/mol. The van der Waals surface area contributed by atoms with Crippen LogP contribution in [0.5, 0.6) is 0 Å². The Kier molecular flexibility index (Phi) is 8.68. The molecule has 2 N–H and O–H groups in total. The molecular formula is C23H37N7. The minimum atomic E-state index is 0.479. The van der Waals surface area contributed by atoms with Gasteiger partial charge in [-0.15, -0.1) is 10.2 Å². The molecule has 7 heteroatoms. The highest BCUT2D eigenvalue weighted by atomic mass is 15.3. The van der Waals surface area contributed by atoms with Crippen LogP contribution in [0, 0.1) is 0 Å². The summed E-state index contributed by atoms with van der Waals surface area (Å²) in [6.45, 7) is 8.64. The fraction of sp³-hybridized carbons (Fsp3) is 0.609. The van der Waals surface area contributed by atoms with Gasteiger partial charge in [0.1, 0.15) is 12.4 Å². The van der Waals surface area contributed by atoms with Crippen molar-refractivity contribution in [3.8, 4) is 0 Å². The van der Waals surface area contributed by atoms with Gasteiger partial charge in [-0.1, -0.05) is 36.8 Å². The molecule has 1 aliphatic heterocycles. The first kappa shape index (κ1) is 22.3. The van der Waals surface area contributed by atoms with Crippen LogP contribution in [0.25, 0.3) is 0 Å². The predicted octanol–water partition coefficient (Wildman–Crippen LogP) is 2.97. The normalized spacial score (nSPS) is 15.5. The lowest BCUT2D eigenvalue weighted by atomic mass is 10.1. The third-order valence-corrected chi connectivity index (χ3v) is 5.79. The third kappa shape index (κ3) is 6.55. The van der Waals surface area contributed by atoms with E-state index in [1.165, 1.54) is 24.8 Å². The number of guanidine groups is 1. The van der Waals surface area contributed by atoms with Crippen molar-refractivity contribution in [2.24, 2.45) is 4.99 Å². The Balaban J connectivity index is 1.48. The topological polar surface area (TPSA) is 70.4 Å². The van der Waals surface area contributed by atoms with Crippen LogP contribution in [-0.2, 0) is 26.1 Å². The van der Waals surface area contributed by atoms with E-state index in [1.807, 2.05) is 0 Å². The first-order chi connectivity index (χ1) is 14.7. The molecule has 3 rings (SSSR count). The van der Waals surface area contributed by atoms with Crippen molar-refractivity contribution in [3.63, 3.8) is 0 Å². The van der Waals surface area contributed by atoms with Crippen LogP contribution in [0.3, 0.4) is 0 Å². The van der Waals surface area contributed by atoms with Gasteiger partial charge in [-0.25, -0.2) is 4.99 Å². The van der Waals surface area contributed by atoms with Gasteiger partial charge in [-0.05, 0) is 45.7 Å². The number of aliphatic imine (C=N–C) groups is 1. The second-order valence-electron chi connectivity index (χ2n) is 8.16. The number of nitrogens with zero attached hydrogens (tertiary/aromatic N) is 5. The molecule has 0 radical (unpaired) electrons. The van der Waals surface area contributed by atoms with Gasteiger partial charge < -0.3 is 15.2 Å². The summed E-state index contributed by atoms with van der Waals surface area (Å²) in [7, 11) is 2.19. The van der Waals surface area contributed by atoms with Crippen molar-refractivity contribution in [2.75, 3.05) is 20.1 Å². The van der Waals surface area contributed by atoms with Crippen LogP contribution in [0.4, 0.5) is 0 Å². The molecule has 164 valence electrons. The maximum atomic E-state index is 4.76. The fourth-order valence-electron chi connectivity index (χ4n) is 3.80. The Hall–Kier alpha value is -2.41. The molecule has 1 aromatic heterocycles. The van der Waals surface area contributed by atoms with Crippen LogP contribution >= 0.6 is 0 Å². The summed E-state index contributed by atoms with van der Waals surface area (Å²) >= 11 is 0. The molecule has 0 spiro atoms. The summed E-state index contributed by atoms with van der Waals surface area (Å²) in [4.78, 5) is 7.16. The van der Waals surface area contributed by atoms with Crippen molar-refractivity contribution >= 4 is 5.96 Å². The molecule has 2 heterocycles. The number of aryl methyl sites for hydroxylation is 1. The molecule has 1 aliphatic rings. The van der Waals surface area contributed by atoms with Gasteiger partial charge in [0.05, 0.1) is 0 Å². The maximum Gasteiger partial charge on any atom is 0.191 e. The van der Waals surface area contributed by atoms with E-state index in [9.17, 15) is 0 Å². The molecule has 0 amide bonds. The monoisotopic (exact) mass is 411 g/mol. The molecule has 2 aromatic rings. The number of benzene rings is 1. The van der Waals surface area contributed by atoms with Crippen LogP contribution in [0.15, 0.2) is 35.3 Å². The Morgan fingerprint density at radius 2 is 2.00 bits per heavy atom. The Labute approximate surface area is 181 Å². The van der Waals surface area contributed by atoms with Crippen molar-refractivity contribution in [1.82, 2.24) is 30.3 Å². The number of hydrogen-bond acceptors (Lipinski definition) is 4. The zero-order valence-corrected chi connectivity index (χ0v) is 18.8. The van der Waals surface area contributed by atoms with E-state index in [0.29, 0.717) is 12.6 Å². The Morgan fingerprint density at radius 3 is 2.80 bits per heavy atom. The van der Waals surface area contributed by atoms with Crippen molar-refractivity contribution in [3.05, 3.63) is 47.5 Å². The van der Waals surface area contributed by atoms with Crippen LogP contribution < -0.4 is 10.6 Å². The Bertz CT molecular complexity index is 784. The number of hydrogen-bond donors (Lipinski definition) is 2. The smallest absolute Gasteiger partial charge is 0.191 e. The van der Waals surface area contributed by atoms with Gasteiger partial charge in [0.2, 0.25) is 0 Å². The average molecular weight is 412 g/mol. The fourth-order valence-corrected chi connectivity index (χ4v) is 3.80. The molecule has 0 saturated heterocycles. The Morgan fingerprint density at radius 1 is 1.17 bits per heavy atom. The second kappa shape index (κ2) is 11.7. The molecule has 7 nitrogen and oxygen atoms in total. The quantitative estimate of drug-likeness (QED) is 0.490. The summed E-state index contributed by atoms with van der Waals surface area (Å²) in [6.07, 6.45) is 5.77. The third-order valence-electron chi connectivity index (χ3n) is 5.79. The van der Waals surface area contributed by atoms with Crippen molar-refractivity contribution < 1.29 is 0 Å². The number of nitrogens with one attached hydrogen (secondary N) is 2. The average Bonchev–Trinajstić information content (AvgIpc) is 2.98. The minimum absolute atomic E-state index is 0.479. The van der Waals surface area contributed by atoms with Gasteiger partial charge in [0.25, 0.3) is 0 Å². The van der Waals surface area contributed by atoms with Gasteiger partial charge in [-0.2, -0.15) is 0 Å². The second-order valence-corrected chi connectivity index (χ2v) is 8.16. The molecule has 1 unspecified atom stereocenters. The van der Waals surface area contributed by atoms with Crippen molar-refractivity contribution in [2.45, 2.75) is 71.6 Å². The lowest BCUT2D eigenvalue weighted by molar-refractivity contribution is 0.238. The molecule has 0 aliphatic carbocycles. The summed E-state index contributed by atoms with van der Waals surface area (Å²) in [5.41, 5.74) is 1.35. The van der Waals surface area contributed by atoms with Crippen molar-refractivity contribution in [1.29, 1.82) is 0 Å². The molecule has 30 heavy (non-hydrogen) atoms. The van der Waals surface area contributed by atoms with E-state index < -0.39 is 0 Å². The van der Waals surface area contributed by atoms with E-state index in [0.717, 1.165) is 56.6 Å². The number of aromatic nitrogens is 3. The van der Waals surface area contributed by atoms with Gasteiger partial charge in [0, 0.05) is 38.6 Å². The van der Waals surface area contributed by atoms with E-state index in [4.69, 9.17) is 4.99 Å². The summed E-state index contributed by atoms with van der Waals surface area (Å²) in [5, 5.41) is 15.6. The van der Waals surface area contributed by atoms with Crippen LogP contribution in [0.2, 0.25) is 0 Å². The van der Waals surface area contributed by atoms with E-state index >= 15 is 0 Å². The van der Waals surface area contributed by atoms with Gasteiger partial charge >= 0.3 is 0 Å². The van der Waals surface area contributed by atoms with E-state index in [1.54, 1.807) is 0 Å². The van der Waals surface area contributed by atoms with Gasteiger partial charge in [0.15, 0.2) is 11.8 Å². The first-order valence-electron chi connectivity index (χ1n) is 11.3. The lowest BCUT2D eigenvalue weighted by Crippen LogP contribution is -2.40. The summed E-state index contributed by atoms with van der Waals surface area (Å²) < 4.78 is 2.26. The highest BCUT2D eigenvalue weighted by Crippen LogP contribution is 2.14. The first-order valence-corrected chi connectivity index (χ1v) is 11.3. The van der Waals surface area contributed by atoms with Crippen LogP contribution in [-0.4, -0.2) is 51.8 Å². The molecule has 0 bridgehead atoms. The number of fused-ring (bicyclic) bond motifs is 1. The summed E-state index contributed by atoms with van der Waals surface area (Å²) in [6, 6.07) is 11.1.